The van der Waals surface area contributed by atoms with Gasteiger partial charge in [0.25, 0.3) is 0 Å². The molecule has 0 saturated carbocycles. The summed E-state index contributed by atoms with van der Waals surface area (Å²) in [4.78, 5) is 0. The molecule has 0 heterocycles. The second kappa shape index (κ2) is 6.95. The normalized spacial score (nSPS) is 12.4. The van der Waals surface area contributed by atoms with E-state index in [1.165, 1.54) is 0 Å². The van der Waals surface area contributed by atoms with Crippen LogP contribution in [0.15, 0.2) is 6.07 Å². The number of hydrogen-bond acceptors (Lipinski definition) is 1. The Bertz CT molecular complexity index is 383. The fourth-order valence-corrected chi connectivity index (χ4v) is 1.57. The van der Waals surface area contributed by atoms with E-state index in [0.717, 1.165) is 0 Å². The van der Waals surface area contributed by atoms with E-state index in [1.54, 1.807) is 0 Å². The van der Waals surface area contributed by atoms with Crippen molar-refractivity contribution in [1.82, 2.24) is 0 Å². The molecule has 0 aliphatic rings. The summed E-state index contributed by atoms with van der Waals surface area (Å²) >= 11 is 0. The van der Waals surface area contributed by atoms with Crippen LogP contribution in [0.25, 0.3) is 0 Å². The summed E-state index contributed by atoms with van der Waals surface area (Å²) in [6, 6.07) is -0.855. The van der Waals surface area contributed by atoms with Crippen LogP contribution >= 0.6 is 12.4 Å². The van der Waals surface area contributed by atoms with Gasteiger partial charge >= 0.3 is 0 Å². The molecule has 1 nitrogen and oxygen atoms in total. The molecule has 18 heavy (non-hydrogen) atoms. The highest BCUT2D eigenvalue weighted by atomic mass is 35.5. The van der Waals surface area contributed by atoms with E-state index in [-0.39, 0.29) is 24.9 Å². The maximum absolute atomic E-state index is 13.4. The molecule has 0 radical (unpaired) electrons. The van der Waals surface area contributed by atoms with Gasteiger partial charge in [-0.25, -0.2) is 17.6 Å². The van der Waals surface area contributed by atoms with E-state index in [9.17, 15) is 17.6 Å². The Kier molecular flexibility index (Phi) is 6.63. The Morgan fingerprint density at radius 2 is 1.44 bits per heavy atom. The van der Waals surface area contributed by atoms with Crippen LogP contribution in [0, 0.1) is 29.2 Å². The summed E-state index contributed by atoms with van der Waals surface area (Å²) in [7, 11) is 0. The van der Waals surface area contributed by atoms with E-state index >= 15 is 0 Å². The Balaban J connectivity index is 0.00000289. The summed E-state index contributed by atoms with van der Waals surface area (Å²) in [6.07, 6.45) is 0.895. The number of nitrogens with two attached hydrogens (primary N) is 1. The molecular weight excluding hydrogens is 270 g/mol. The van der Waals surface area contributed by atoms with Crippen molar-refractivity contribution in [2.75, 3.05) is 0 Å². The lowest BCUT2D eigenvalue weighted by Gasteiger charge is -2.15. The van der Waals surface area contributed by atoms with Crippen molar-refractivity contribution in [3.05, 3.63) is 34.9 Å². The standard InChI is InChI=1S/C12H15F4N.ClH/c1-6(2)3-4-9(17)10-11(15)7(13)5-8(14)12(10)16;/h5-6,9H,3-4,17H2,1-2H3;1H/t9-;/m1./s1. The van der Waals surface area contributed by atoms with Crippen LogP contribution < -0.4 is 5.73 Å². The van der Waals surface area contributed by atoms with Gasteiger partial charge in [-0.2, -0.15) is 0 Å². The Morgan fingerprint density at radius 1 is 1.00 bits per heavy atom. The van der Waals surface area contributed by atoms with Crippen molar-refractivity contribution >= 4 is 12.4 Å². The van der Waals surface area contributed by atoms with E-state index in [2.05, 4.69) is 0 Å². The molecule has 0 fully saturated rings. The molecule has 0 aliphatic carbocycles. The van der Waals surface area contributed by atoms with Crippen LogP contribution in [-0.4, -0.2) is 0 Å². The number of benzene rings is 1. The first-order chi connectivity index (χ1) is 7.84. The van der Waals surface area contributed by atoms with E-state index in [0.29, 0.717) is 12.3 Å². The molecule has 2 N–H and O–H groups in total. The van der Waals surface area contributed by atoms with Gasteiger partial charge in [-0.1, -0.05) is 13.8 Å². The van der Waals surface area contributed by atoms with Gasteiger partial charge in [0.15, 0.2) is 23.3 Å². The second-order valence-electron chi connectivity index (χ2n) is 4.46. The molecule has 0 aliphatic heterocycles. The molecule has 0 spiro atoms. The van der Waals surface area contributed by atoms with Crippen molar-refractivity contribution in [1.29, 1.82) is 0 Å². The number of halogens is 5. The van der Waals surface area contributed by atoms with Gasteiger partial charge < -0.3 is 5.73 Å². The third-order valence-corrected chi connectivity index (χ3v) is 2.57. The summed E-state index contributed by atoms with van der Waals surface area (Å²) < 4.78 is 52.6. The summed E-state index contributed by atoms with van der Waals surface area (Å²) in [6.45, 7) is 3.84. The average molecular weight is 286 g/mol. The number of hydrogen-bond donors (Lipinski definition) is 1. The molecule has 1 rings (SSSR count). The summed E-state index contributed by atoms with van der Waals surface area (Å²) in [5.74, 6) is -5.34. The Hall–Kier alpha value is -0.810. The monoisotopic (exact) mass is 285 g/mol. The molecule has 0 bridgehead atoms. The lowest BCUT2D eigenvalue weighted by atomic mass is 9.97. The smallest absolute Gasteiger partial charge is 0.166 e. The first kappa shape index (κ1) is 17.2. The molecule has 1 atom stereocenters. The van der Waals surface area contributed by atoms with Crippen molar-refractivity contribution in [2.24, 2.45) is 11.7 Å². The average Bonchev–Trinajstić information content (AvgIpc) is 2.24. The minimum Gasteiger partial charge on any atom is -0.324 e. The van der Waals surface area contributed by atoms with E-state index in [4.69, 9.17) is 5.73 Å². The first-order valence-electron chi connectivity index (χ1n) is 5.43. The van der Waals surface area contributed by atoms with Crippen molar-refractivity contribution in [3.63, 3.8) is 0 Å². The minimum atomic E-state index is -1.42. The second-order valence-corrected chi connectivity index (χ2v) is 4.46. The van der Waals surface area contributed by atoms with Crippen LogP contribution in [-0.2, 0) is 0 Å². The van der Waals surface area contributed by atoms with Crippen molar-refractivity contribution in [3.8, 4) is 0 Å². The van der Waals surface area contributed by atoms with Gasteiger partial charge in [-0.15, -0.1) is 12.4 Å². The summed E-state index contributed by atoms with van der Waals surface area (Å²) in [5, 5.41) is 0. The Labute approximate surface area is 110 Å². The largest absolute Gasteiger partial charge is 0.324 e. The van der Waals surface area contributed by atoms with Gasteiger partial charge in [-0.05, 0) is 18.8 Å². The highest BCUT2D eigenvalue weighted by Gasteiger charge is 2.23. The predicted molar refractivity (Wildman–Crippen MR) is 64.5 cm³/mol. The van der Waals surface area contributed by atoms with Gasteiger partial charge in [0.2, 0.25) is 0 Å². The van der Waals surface area contributed by atoms with Gasteiger partial charge in [0.05, 0.1) is 0 Å². The van der Waals surface area contributed by atoms with Crippen LogP contribution in [0.2, 0.25) is 0 Å². The van der Waals surface area contributed by atoms with Gasteiger partial charge in [-0.3, -0.25) is 0 Å². The zero-order chi connectivity index (χ0) is 13.2. The molecule has 0 saturated heterocycles. The molecule has 1 aromatic carbocycles. The minimum absolute atomic E-state index is 0. The maximum atomic E-state index is 13.4. The summed E-state index contributed by atoms with van der Waals surface area (Å²) in [5.41, 5.74) is 4.86. The van der Waals surface area contributed by atoms with E-state index in [1.807, 2.05) is 13.8 Å². The molecule has 1 aromatic rings. The highest BCUT2D eigenvalue weighted by molar-refractivity contribution is 5.85. The molecule has 0 aromatic heterocycles. The molecule has 104 valence electrons. The molecular formula is C12H16ClF4N. The molecule has 6 heteroatoms. The van der Waals surface area contributed by atoms with Crippen LogP contribution in [0.3, 0.4) is 0 Å². The van der Waals surface area contributed by atoms with Crippen molar-refractivity contribution in [2.45, 2.75) is 32.7 Å². The topological polar surface area (TPSA) is 26.0 Å². The van der Waals surface area contributed by atoms with Crippen LogP contribution in [0.1, 0.15) is 38.3 Å². The van der Waals surface area contributed by atoms with Gasteiger partial charge in [0.1, 0.15) is 0 Å². The third-order valence-electron chi connectivity index (χ3n) is 2.57. The molecule has 0 unspecified atom stereocenters. The lowest BCUT2D eigenvalue weighted by molar-refractivity contribution is 0.412. The predicted octanol–water partition coefficient (Wildman–Crippen LogP) is 4.10. The SMILES string of the molecule is CC(C)CC[C@@H](N)c1c(F)c(F)cc(F)c1F.Cl. The highest BCUT2D eigenvalue weighted by Crippen LogP contribution is 2.27. The zero-order valence-corrected chi connectivity index (χ0v) is 11.0. The third kappa shape index (κ3) is 3.85. The van der Waals surface area contributed by atoms with Crippen LogP contribution in [0.4, 0.5) is 17.6 Å². The lowest BCUT2D eigenvalue weighted by Crippen LogP contribution is -2.17. The first-order valence-corrected chi connectivity index (χ1v) is 5.43. The Morgan fingerprint density at radius 3 is 1.83 bits per heavy atom. The maximum Gasteiger partial charge on any atom is 0.166 e. The van der Waals surface area contributed by atoms with Crippen molar-refractivity contribution < 1.29 is 17.6 Å². The quantitative estimate of drug-likeness (QED) is 0.654. The number of rotatable bonds is 4. The fourth-order valence-electron chi connectivity index (χ4n) is 1.57. The van der Waals surface area contributed by atoms with Gasteiger partial charge in [0, 0.05) is 17.7 Å². The zero-order valence-electron chi connectivity index (χ0n) is 10.1. The fraction of sp³-hybridized carbons (Fsp3) is 0.500. The molecule has 0 amide bonds. The van der Waals surface area contributed by atoms with E-state index < -0.39 is 34.9 Å². The van der Waals surface area contributed by atoms with Crippen LogP contribution in [0.5, 0.6) is 0 Å².